The van der Waals surface area contributed by atoms with Gasteiger partial charge in [-0.25, -0.2) is 13.1 Å². The molecule has 1 aromatic heterocycles. The zero-order valence-corrected chi connectivity index (χ0v) is 18.1. The molecule has 1 aliphatic rings. The Morgan fingerprint density at radius 1 is 1.24 bits per heavy atom. The smallest absolute Gasteiger partial charge is 0.209 e. The van der Waals surface area contributed by atoms with Crippen molar-refractivity contribution in [3.05, 3.63) is 35.4 Å². The quantitative estimate of drug-likeness (QED) is 0.691. The van der Waals surface area contributed by atoms with Crippen molar-refractivity contribution >= 4 is 10.0 Å². The van der Waals surface area contributed by atoms with Gasteiger partial charge in [-0.15, -0.1) is 10.2 Å². The number of aromatic hydroxyl groups is 1. The third-order valence-electron chi connectivity index (χ3n) is 5.13. The van der Waals surface area contributed by atoms with Gasteiger partial charge in [0.25, 0.3) is 0 Å². The maximum Gasteiger partial charge on any atom is 0.209 e. The number of fused-ring (bicyclic) bond motifs is 1. The Hall–Kier alpha value is -2.17. The van der Waals surface area contributed by atoms with E-state index < -0.39 is 16.1 Å². The number of sulfonamides is 1. The minimum absolute atomic E-state index is 0.0334. The zero-order valence-electron chi connectivity index (χ0n) is 17.3. The van der Waals surface area contributed by atoms with Crippen LogP contribution in [-0.4, -0.2) is 59.6 Å². The van der Waals surface area contributed by atoms with Gasteiger partial charge in [-0.3, -0.25) is 4.90 Å². The lowest BCUT2D eigenvalue weighted by Gasteiger charge is -2.23. The van der Waals surface area contributed by atoms with E-state index in [1.165, 1.54) is 7.11 Å². The molecule has 2 N–H and O–H groups in total. The van der Waals surface area contributed by atoms with Gasteiger partial charge in [0.05, 0.1) is 19.4 Å². The van der Waals surface area contributed by atoms with E-state index in [4.69, 9.17) is 4.74 Å². The number of nitrogens with one attached hydrogen (secondary N) is 1. The summed E-state index contributed by atoms with van der Waals surface area (Å²) >= 11 is 0. The van der Waals surface area contributed by atoms with Crippen molar-refractivity contribution in [3.63, 3.8) is 0 Å². The highest BCUT2D eigenvalue weighted by atomic mass is 32.2. The molecule has 0 radical (unpaired) electrons. The number of hydrogen-bond acceptors (Lipinski definition) is 7. The molecule has 1 aromatic carbocycles. The predicted octanol–water partition coefficient (Wildman–Crippen LogP) is 1.30. The predicted molar refractivity (Wildman–Crippen MR) is 109 cm³/mol. The molecule has 0 spiro atoms. The molecule has 0 saturated carbocycles. The highest BCUT2D eigenvalue weighted by Crippen LogP contribution is 2.30. The van der Waals surface area contributed by atoms with Crippen LogP contribution in [0.3, 0.4) is 0 Å². The number of ether oxygens (including phenoxy) is 1. The van der Waals surface area contributed by atoms with Crippen molar-refractivity contribution in [3.8, 4) is 11.5 Å². The van der Waals surface area contributed by atoms with E-state index in [1.807, 2.05) is 30.5 Å². The van der Waals surface area contributed by atoms with Gasteiger partial charge in [0, 0.05) is 38.2 Å². The minimum Gasteiger partial charge on any atom is -0.504 e. The highest BCUT2D eigenvalue weighted by Gasteiger charge is 2.28. The largest absolute Gasteiger partial charge is 0.504 e. The van der Waals surface area contributed by atoms with Crippen molar-refractivity contribution in [2.45, 2.75) is 39.4 Å². The molecule has 0 amide bonds. The van der Waals surface area contributed by atoms with E-state index in [0.29, 0.717) is 31.1 Å². The Bertz CT molecular complexity index is 958. The third-order valence-corrected chi connectivity index (χ3v) is 5.81. The molecule has 0 unspecified atom stereocenters. The monoisotopic (exact) mass is 423 g/mol. The summed E-state index contributed by atoms with van der Waals surface area (Å²) in [5.74, 6) is 2.15. The first-order chi connectivity index (χ1) is 13.7. The Morgan fingerprint density at radius 3 is 2.66 bits per heavy atom. The van der Waals surface area contributed by atoms with E-state index >= 15 is 0 Å². The van der Waals surface area contributed by atoms with Gasteiger partial charge in [-0.1, -0.05) is 26.0 Å². The SMILES string of the molecule is COc1cccc(CN2CCc3nnc([C@H](NS(C)(=O)=O)C(C)C)n3CC2)c1O. The first-order valence-corrected chi connectivity index (χ1v) is 11.5. The third kappa shape index (κ3) is 5.06. The first kappa shape index (κ1) is 21.5. The van der Waals surface area contributed by atoms with Crippen molar-refractivity contribution in [2.75, 3.05) is 26.5 Å². The first-order valence-electron chi connectivity index (χ1n) is 9.66. The lowest BCUT2D eigenvalue weighted by molar-refractivity contribution is 0.263. The van der Waals surface area contributed by atoms with Gasteiger partial charge in [0.2, 0.25) is 10.0 Å². The van der Waals surface area contributed by atoms with Gasteiger partial charge in [0.1, 0.15) is 5.82 Å². The zero-order chi connectivity index (χ0) is 21.2. The highest BCUT2D eigenvalue weighted by molar-refractivity contribution is 7.88. The Morgan fingerprint density at radius 2 is 2.00 bits per heavy atom. The van der Waals surface area contributed by atoms with Crippen LogP contribution in [0.4, 0.5) is 0 Å². The normalized spacial score (nSPS) is 16.4. The summed E-state index contributed by atoms with van der Waals surface area (Å²) in [5, 5.41) is 19.0. The molecule has 3 rings (SSSR count). The molecule has 1 atom stereocenters. The fraction of sp³-hybridized carbons (Fsp3) is 0.579. The van der Waals surface area contributed by atoms with Crippen LogP contribution in [0.25, 0.3) is 0 Å². The number of hydrogen-bond donors (Lipinski definition) is 2. The number of para-hydroxylation sites is 1. The van der Waals surface area contributed by atoms with Crippen LogP contribution < -0.4 is 9.46 Å². The molecule has 0 fully saturated rings. The molecule has 0 aliphatic carbocycles. The summed E-state index contributed by atoms with van der Waals surface area (Å²) in [4.78, 5) is 2.24. The number of rotatable bonds is 7. The molecule has 0 bridgehead atoms. The van der Waals surface area contributed by atoms with E-state index in [2.05, 4.69) is 19.8 Å². The van der Waals surface area contributed by atoms with Crippen molar-refractivity contribution in [1.29, 1.82) is 0 Å². The summed E-state index contributed by atoms with van der Waals surface area (Å²) in [7, 11) is -1.84. The van der Waals surface area contributed by atoms with Crippen LogP contribution in [0, 0.1) is 5.92 Å². The molecule has 2 aromatic rings. The van der Waals surface area contributed by atoms with E-state index in [-0.39, 0.29) is 11.7 Å². The number of methoxy groups -OCH3 is 1. The van der Waals surface area contributed by atoms with E-state index in [0.717, 1.165) is 30.7 Å². The van der Waals surface area contributed by atoms with Crippen molar-refractivity contribution in [1.82, 2.24) is 24.4 Å². The Kier molecular flexibility index (Phi) is 6.45. The van der Waals surface area contributed by atoms with Crippen molar-refractivity contribution < 1.29 is 18.3 Å². The second kappa shape index (κ2) is 8.68. The summed E-state index contributed by atoms with van der Waals surface area (Å²) in [6.07, 6.45) is 1.85. The average Bonchev–Trinajstić information content (AvgIpc) is 2.94. The lowest BCUT2D eigenvalue weighted by Crippen LogP contribution is -2.33. The molecule has 0 saturated heterocycles. The van der Waals surface area contributed by atoms with Gasteiger partial charge < -0.3 is 14.4 Å². The van der Waals surface area contributed by atoms with Gasteiger partial charge in [0.15, 0.2) is 17.3 Å². The lowest BCUT2D eigenvalue weighted by atomic mass is 10.1. The summed E-state index contributed by atoms with van der Waals surface area (Å²) < 4.78 is 33.5. The van der Waals surface area contributed by atoms with Gasteiger partial charge >= 0.3 is 0 Å². The summed E-state index contributed by atoms with van der Waals surface area (Å²) in [5.41, 5.74) is 0.807. The average molecular weight is 424 g/mol. The minimum atomic E-state index is -3.37. The number of benzene rings is 1. The fourth-order valence-electron chi connectivity index (χ4n) is 3.60. The number of phenolic OH excluding ortho intramolecular Hbond substituents is 1. The maximum atomic E-state index is 11.8. The number of aromatic nitrogens is 3. The van der Waals surface area contributed by atoms with Crippen LogP contribution >= 0.6 is 0 Å². The molecule has 29 heavy (non-hydrogen) atoms. The number of nitrogens with zero attached hydrogens (tertiary/aromatic N) is 4. The van der Waals surface area contributed by atoms with Crippen LogP contribution in [0.5, 0.6) is 11.5 Å². The second-order valence-electron chi connectivity index (χ2n) is 7.73. The molecule has 10 heteroatoms. The Balaban J connectivity index is 1.77. The summed E-state index contributed by atoms with van der Waals surface area (Å²) in [6, 6.07) is 5.05. The molecule has 160 valence electrons. The standard InChI is InChI=1S/C19H29N5O4S/c1-13(2)17(22-29(4,26)27)19-21-20-16-8-9-23(10-11-24(16)19)12-14-6-5-7-15(28-3)18(14)25/h5-7,13,17,22,25H,8-12H2,1-4H3/t17-/m1/s1. The number of phenols is 1. The molecule has 9 nitrogen and oxygen atoms in total. The molecular formula is C19H29N5O4S. The van der Waals surface area contributed by atoms with Crippen LogP contribution in [0.1, 0.15) is 37.1 Å². The second-order valence-corrected chi connectivity index (χ2v) is 9.51. The topological polar surface area (TPSA) is 110 Å². The van der Waals surface area contributed by atoms with E-state index in [9.17, 15) is 13.5 Å². The van der Waals surface area contributed by atoms with Crippen LogP contribution in [-0.2, 0) is 29.5 Å². The van der Waals surface area contributed by atoms with E-state index in [1.54, 1.807) is 6.07 Å². The van der Waals surface area contributed by atoms with Crippen LogP contribution in [0.15, 0.2) is 18.2 Å². The van der Waals surface area contributed by atoms with Gasteiger partial charge in [-0.2, -0.15) is 0 Å². The fourth-order valence-corrected chi connectivity index (χ4v) is 4.43. The maximum absolute atomic E-state index is 11.8. The molecule has 2 heterocycles. The molecule has 1 aliphatic heterocycles. The van der Waals surface area contributed by atoms with Crippen molar-refractivity contribution in [2.24, 2.45) is 5.92 Å². The van der Waals surface area contributed by atoms with Crippen LogP contribution in [0.2, 0.25) is 0 Å². The Labute approximate surface area is 171 Å². The van der Waals surface area contributed by atoms with Gasteiger partial charge in [-0.05, 0) is 12.0 Å². The molecular weight excluding hydrogens is 394 g/mol. The summed E-state index contributed by atoms with van der Waals surface area (Å²) in [6.45, 7) is 6.65.